The second kappa shape index (κ2) is 10.7. The van der Waals surface area contributed by atoms with Crippen molar-refractivity contribution in [2.75, 3.05) is 19.5 Å². The molecule has 30 heavy (non-hydrogen) atoms. The molecule has 0 bridgehead atoms. The predicted octanol–water partition coefficient (Wildman–Crippen LogP) is 2.61. The smallest absolute Gasteiger partial charge is 0.163 e. The van der Waals surface area contributed by atoms with E-state index in [1.807, 2.05) is 12.1 Å². The lowest BCUT2D eigenvalue weighted by Crippen LogP contribution is -2.28. The summed E-state index contributed by atoms with van der Waals surface area (Å²) in [5.74, 6) is 2.04. The number of nitrogens with zero attached hydrogens (tertiary/aromatic N) is 2. The SMILES string of the molecule is COc1cc2ncc(NC3CCC(O)CC3)nc2cc1OC.N[C@H]1CC[C@H](O)CC1. The first-order valence-corrected chi connectivity index (χ1v) is 10.8. The third kappa shape index (κ3) is 6.17. The summed E-state index contributed by atoms with van der Waals surface area (Å²) in [6.45, 7) is 0. The summed E-state index contributed by atoms with van der Waals surface area (Å²) >= 11 is 0. The Bertz CT molecular complexity index is 793. The molecule has 0 amide bonds. The molecular formula is C22H34N4O4. The second-order valence-corrected chi connectivity index (χ2v) is 8.17. The minimum atomic E-state index is -0.155. The average Bonchev–Trinajstić information content (AvgIpc) is 2.77. The first kappa shape index (κ1) is 22.5. The number of fused-ring (bicyclic) bond motifs is 1. The Morgan fingerprint density at radius 3 is 1.93 bits per heavy atom. The van der Waals surface area contributed by atoms with Gasteiger partial charge < -0.3 is 30.7 Å². The van der Waals surface area contributed by atoms with E-state index in [0.29, 0.717) is 23.6 Å². The number of aromatic nitrogens is 2. The van der Waals surface area contributed by atoms with Gasteiger partial charge in [0, 0.05) is 24.2 Å². The molecule has 1 aromatic carbocycles. The number of nitrogens with two attached hydrogens (primary N) is 1. The lowest BCUT2D eigenvalue weighted by atomic mass is 9.93. The zero-order valence-corrected chi connectivity index (χ0v) is 17.9. The highest BCUT2D eigenvalue weighted by Crippen LogP contribution is 2.31. The fraction of sp³-hybridized carbons (Fsp3) is 0.636. The maximum absolute atomic E-state index is 9.56. The van der Waals surface area contributed by atoms with Crippen LogP contribution in [0.5, 0.6) is 11.5 Å². The lowest BCUT2D eigenvalue weighted by molar-refractivity contribution is 0.123. The Balaban J connectivity index is 0.000000269. The van der Waals surface area contributed by atoms with E-state index in [9.17, 15) is 5.11 Å². The van der Waals surface area contributed by atoms with E-state index in [4.69, 9.17) is 20.3 Å². The summed E-state index contributed by atoms with van der Waals surface area (Å²) in [6, 6.07) is 4.35. The molecule has 2 aliphatic carbocycles. The molecule has 0 saturated heterocycles. The highest BCUT2D eigenvalue weighted by atomic mass is 16.5. The minimum absolute atomic E-state index is 0.0604. The highest BCUT2D eigenvalue weighted by Gasteiger charge is 2.20. The van der Waals surface area contributed by atoms with E-state index in [1.54, 1.807) is 20.4 Å². The number of aliphatic hydroxyl groups excluding tert-OH is 2. The predicted molar refractivity (Wildman–Crippen MR) is 117 cm³/mol. The fourth-order valence-electron chi connectivity index (χ4n) is 3.94. The van der Waals surface area contributed by atoms with Gasteiger partial charge in [-0.1, -0.05) is 0 Å². The topological polar surface area (TPSA) is 123 Å². The van der Waals surface area contributed by atoms with Gasteiger partial charge in [0.2, 0.25) is 0 Å². The van der Waals surface area contributed by atoms with Gasteiger partial charge in [-0.15, -0.1) is 0 Å². The van der Waals surface area contributed by atoms with E-state index in [2.05, 4.69) is 15.3 Å². The summed E-state index contributed by atoms with van der Waals surface area (Å²) < 4.78 is 10.6. The van der Waals surface area contributed by atoms with E-state index >= 15 is 0 Å². The van der Waals surface area contributed by atoms with Gasteiger partial charge in [-0.2, -0.15) is 0 Å². The molecule has 1 aromatic heterocycles. The van der Waals surface area contributed by atoms with Crippen LogP contribution < -0.4 is 20.5 Å². The molecule has 5 N–H and O–H groups in total. The normalized spacial score (nSPS) is 26.4. The molecule has 0 aliphatic heterocycles. The molecule has 1 heterocycles. The average molecular weight is 419 g/mol. The molecule has 0 atom stereocenters. The third-order valence-corrected chi connectivity index (χ3v) is 5.84. The molecule has 2 fully saturated rings. The van der Waals surface area contributed by atoms with Crippen LogP contribution in [-0.4, -0.2) is 58.7 Å². The summed E-state index contributed by atoms with van der Waals surface area (Å²) in [7, 11) is 3.21. The van der Waals surface area contributed by atoms with Crippen molar-refractivity contribution in [1.29, 1.82) is 0 Å². The van der Waals surface area contributed by atoms with Crippen LogP contribution in [0.2, 0.25) is 0 Å². The number of rotatable bonds is 4. The maximum Gasteiger partial charge on any atom is 0.163 e. The molecule has 166 valence electrons. The second-order valence-electron chi connectivity index (χ2n) is 8.17. The number of aliphatic hydroxyl groups is 2. The lowest BCUT2D eigenvalue weighted by Gasteiger charge is -2.26. The van der Waals surface area contributed by atoms with Gasteiger partial charge in [-0.25, -0.2) is 4.98 Å². The first-order valence-electron chi connectivity index (χ1n) is 10.8. The first-order chi connectivity index (χ1) is 14.5. The Kier molecular flexibility index (Phi) is 8.07. The van der Waals surface area contributed by atoms with Crippen molar-refractivity contribution in [3.05, 3.63) is 18.3 Å². The van der Waals surface area contributed by atoms with E-state index in [1.165, 1.54) is 0 Å². The van der Waals surface area contributed by atoms with Crippen LogP contribution in [0.15, 0.2) is 18.3 Å². The van der Waals surface area contributed by atoms with Crippen molar-refractivity contribution in [2.45, 2.75) is 75.7 Å². The summed E-state index contributed by atoms with van der Waals surface area (Å²) in [6.07, 6.45) is 8.91. The number of methoxy groups -OCH3 is 2. The minimum Gasteiger partial charge on any atom is -0.493 e. The van der Waals surface area contributed by atoms with Crippen molar-refractivity contribution in [3.63, 3.8) is 0 Å². The number of ether oxygens (including phenoxy) is 2. The van der Waals surface area contributed by atoms with Crippen molar-refractivity contribution in [2.24, 2.45) is 5.73 Å². The van der Waals surface area contributed by atoms with Gasteiger partial charge in [0.1, 0.15) is 5.82 Å². The van der Waals surface area contributed by atoms with Crippen LogP contribution in [0.1, 0.15) is 51.4 Å². The number of benzene rings is 1. The Hall–Kier alpha value is -2.16. The zero-order chi connectivity index (χ0) is 21.5. The van der Waals surface area contributed by atoms with Crippen LogP contribution in [0.3, 0.4) is 0 Å². The third-order valence-electron chi connectivity index (χ3n) is 5.84. The highest BCUT2D eigenvalue weighted by molar-refractivity contribution is 5.80. The maximum atomic E-state index is 9.56. The van der Waals surface area contributed by atoms with Crippen LogP contribution in [0.25, 0.3) is 11.0 Å². The molecule has 0 unspecified atom stereocenters. The molecule has 2 saturated carbocycles. The summed E-state index contributed by atoms with van der Waals surface area (Å²) in [4.78, 5) is 9.04. The summed E-state index contributed by atoms with van der Waals surface area (Å²) in [5, 5.41) is 21.9. The number of hydrogen-bond donors (Lipinski definition) is 4. The van der Waals surface area contributed by atoms with Crippen LogP contribution in [0.4, 0.5) is 5.82 Å². The van der Waals surface area contributed by atoms with Gasteiger partial charge >= 0.3 is 0 Å². The Morgan fingerprint density at radius 1 is 0.867 bits per heavy atom. The molecule has 8 heteroatoms. The van der Waals surface area contributed by atoms with Gasteiger partial charge in [-0.05, 0) is 51.4 Å². The van der Waals surface area contributed by atoms with Crippen LogP contribution >= 0.6 is 0 Å². The summed E-state index contributed by atoms with van der Waals surface area (Å²) in [5.41, 5.74) is 7.11. The number of hydrogen-bond acceptors (Lipinski definition) is 8. The van der Waals surface area contributed by atoms with Crippen molar-refractivity contribution < 1.29 is 19.7 Å². The van der Waals surface area contributed by atoms with E-state index in [0.717, 1.165) is 68.2 Å². The van der Waals surface area contributed by atoms with Crippen LogP contribution in [-0.2, 0) is 0 Å². The van der Waals surface area contributed by atoms with Crippen molar-refractivity contribution in [3.8, 4) is 11.5 Å². The Labute approximate surface area is 177 Å². The number of nitrogens with one attached hydrogen (secondary N) is 1. The molecule has 0 spiro atoms. The molecule has 2 aliphatic rings. The fourth-order valence-corrected chi connectivity index (χ4v) is 3.94. The van der Waals surface area contributed by atoms with Crippen molar-refractivity contribution >= 4 is 16.9 Å². The quantitative estimate of drug-likeness (QED) is 0.598. The largest absolute Gasteiger partial charge is 0.493 e. The standard InChI is InChI=1S/C16H21N3O3.C6H13NO/c1-21-14-7-12-13(8-15(14)22-2)19-16(9-17-12)18-10-3-5-11(20)6-4-10;7-5-1-3-6(8)4-2-5/h7-11,20H,3-6H2,1-2H3,(H,18,19);5-6,8H,1-4,7H2/t;5-,6-. The zero-order valence-electron chi connectivity index (χ0n) is 17.9. The monoisotopic (exact) mass is 418 g/mol. The molecule has 0 radical (unpaired) electrons. The number of anilines is 1. The molecule has 4 rings (SSSR count). The van der Waals surface area contributed by atoms with Crippen molar-refractivity contribution in [1.82, 2.24) is 9.97 Å². The van der Waals surface area contributed by atoms with E-state index < -0.39 is 0 Å². The van der Waals surface area contributed by atoms with Gasteiger partial charge in [0.15, 0.2) is 11.5 Å². The molecule has 8 nitrogen and oxygen atoms in total. The molecule has 2 aromatic rings. The van der Waals surface area contributed by atoms with Gasteiger partial charge in [0.25, 0.3) is 0 Å². The van der Waals surface area contributed by atoms with Crippen LogP contribution in [0, 0.1) is 0 Å². The van der Waals surface area contributed by atoms with E-state index in [-0.39, 0.29) is 12.2 Å². The van der Waals surface area contributed by atoms with Gasteiger partial charge in [-0.3, -0.25) is 4.98 Å². The van der Waals surface area contributed by atoms with Gasteiger partial charge in [0.05, 0.1) is 43.7 Å². The Morgan fingerprint density at radius 2 is 1.40 bits per heavy atom. The molecular weight excluding hydrogens is 384 g/mol.